The van der Waals surface area contributed by atoms with Crippen LogP contribution in [0.4, 0.5) is 16.3 Å². The van der Waals surface area contributed by atoms with Crippen LogP contribution in [0.3, 0.4) is 0 Å². The molecule has 7 heteroatoms. The Hall–Kier alpha value is -3.74. The van der Waals surface area contributed by atoms with Crippen LogP contribution < -0.4 is 5.32 Å². The van der Waals surface area contributed by atoms with Crippen molar-refractivity contribution in [2.24, 2.45) is 0 Å². The van der Waals surface area contributed by atoms with Crippen molar-refractivity contribution < 1.29 is 9.18 Å². The average Bonchev–Trinajstić information content (AvgIpc) is 2.74. The van der Waals surface area contributed by atoms with E-state index in [0.717, 1.165) is 27.7 Å². The Morgan fingerprint density at radius 3 is 2.58 bits per heavy atom. The van der Waals surface area contributed by atoms with Crippen molar-refractivity contribution in [3.05, 3.63) is 82.6 Å². The minimum absolute atomic E-state index is 0.00436. The van der Waals surface area contributed by atoms with Gasteiger partial charge in [0.1, 0.15) is 5.82 Å². The molecule has 0 saturated carbocycles. The monoisotopic (exact) mass is 413 g/mol. The highest BCUT2D eigenvalue weighted by atomic mass is 19.1. The van der Waals surface area contributed by atoms with E-state index < -0.39 is 0 Å². The summed E-state index contributed by atoms with van der Waals surface area (Å²) in [5.74, 6) is 0.421. The molecule has 1 aliphatic carbocycles. The van der Waals surface area contributed by atoms with E-state index in [9.17, 15) is 9.18 Å². The Balaban J connectivity index is 1.44. The first-order valence-corrected chi connectivity index (χ1v) is 10.1. The normalized spacial score (nSPS) is 15.7. The number of fused-ring (bicyclic) bond motifs is 2. The van der Waals surface area contributed by atoms with Crippen molar-refractivity contribution in [2.45, 2.75) is 32.6 Å². The van der Waals surface area contributed by atoms with Crippen LogP contribution in [-0.4, -0.2) is 25.7 Å². The highest BCUT2D eigenvalue weighted by molar-refractivity contribution is 5.98. The molecule has 0 fully saturated rings. The molecule has 1 N–H and O–H groups in total. The smallest absolute Gasteiger partial charge is 0.230 e. The lowest BCUT2D eigenvalue weighted by Crippen LogP contribution is -2.21. The van der Waals surface area contributed by atoms with Gasteiger partial charge >= 0.3 is 0 Å². The number of anilines is 2. The summed E-state index contributed by atoms with van der Waals surface area (Å²) in [6.07, 6.45) is 2.51. The molecule has 0 unspecified atom stereocenters. The molecule has 31 heavy (non-hydrogen) atoms. The first-order chi connectivity index (χ1) is 15.0. The van der Waals surface area contributed by atoms with Crippen LogP contribution in [0.25, 0.3) is 10.9 Å². The lowest BCUT2D eigenvalue weighted by Gasteiger charge is -2.23. The molecule has 2 aromatic carbocycles. The second-order valence-corrected chi connectivity index (χ2v) is 7.91. The Morgan fingerprint density at radius 1 is 0.968 bits per heavy atom. The molecule has 0 radical (unpaired) electrons. The standard InChI is InChI=1S/C24H20FN5O/c1-13-3-8-20-18(9-13)14(2)27-24(28-20)30-23-26-12-19-21(29-23)10-16(11-22(19)31)15-4-6-17(25)7-5-15/h3-9,12,16H,10-11H2,1-2H3,(H,26,27,28,29,30)/t16-/m1/s1. The molecule has 2 aromatic heterocycles. The fourth-order valence-corrected chi connectivity index (χ4v) is 4.03. The summed E-state index contributed by atoms with van der Waals surface area (Å²) in [5.41, 5.74) is 4.99. The Kier molecular flexibility index (Phi) is 4.66. The van der Waals surface area contributed by atoms with Crippen LogP contribution in [0.1, 0.15) is 45.2 Å². The van der Waals surface area contributed by atoms with Gasteiger partial charge in [0.25, 0.3) is 0 Å². The van der Waals surface area contributed by atoms with E-state index in [1.54, 1.807) is 18.3 Å². The lowest BCUT2D eigenvalue weighted by atomic mass is 9.82. The SMILES string of the molecule is Cc1ccc2nc(Nc3ncc4c(n3)C[C@@H](c3ccc(F)cc3)CC4=O)nc(C)c2c1. The third-order valence-corrected chi connectivity index (χ3v) is 5.65. The van der Waals surface area contributed by atoms with Gasteiger partial charge in [0.15, 0.2) is 5.78 Å². The van der Waals surface area contributed by atoms with Crippen LogP contribution in [0.15, 0.2) is 48.7 Å². The molecule has 154 valence electrons. The number of rotatable bonds is 3. The molecule has 1 atom stereocenters. The van der Waals surface area contributed by atoms with Crippen LogP contribution in [0.2, 0.25) is 0 Å². The maximum atomic E-state index is 13.3. The maximum absolute atomic E-state index is 13.3. The number of halogens is 1. The van der Waals surface area contributed by atoms with E-state index in [0.29, 0.717) is 36.0 Å². The van der Waals surface area contributed by atoms with E-state index in [2.05, 4.69) is 31.3 Å². The highest BCUT2D eigenvalue weighted by Crippen LogP contribution is 2.32. The quantitative estimate of drug-likeness (QED) is 0.518. The van der Waals surface area contributed by atoms with Crippen molar-refractivity contribution in [3.8, 4) is 0 Å². The summed E-state index contributed by atoms with van der Waals surface area (Å²) < 4.78 is 13.3. The fraction of sp³-hybridized carbons (Fsp3) is 0.208. The van der Waals surface area contributed by atoms with E-state index in [1.807, 2.05) is 26.0 Å². The van der Waals surface area contributed by atoms with Crippen LogP contribution in [-0.2, 0) is 6.42 Å². The zero-order valence-electron chi connectivity index (χ0n) is 17.2. The molecule has 0 aliphatic heterocycles. The molecule has 2 heterocycles. The predicted octanol–water partition coefficient (Wildman–Crippen LogP) is 4.83. The number of aromatic nitrogens is 4. The number of aryl methyl sites for hydroxylation is 2. The number of Topliss-reactive ketones (excluding diaryl/α,β-unsaturated/α-hetero) is 1. The molecule has 6 nitrogen and oxygen atoms in total. The number of benzene rings is 2. The van der Waals surface area contributed by atoms with Gasteiger partial charge in [-0.25, -0.2) is 24.3 Å². The molecule has 0 bridgehead atoms. The van der Waals surface area contributed by atoms with Gasteiger partial charge in [-0.05, 0) is 56.0 Å². The second kappa shape index (κ2) is 7.50. The first kappa shape index (κ1) is 19.2. The summed E-state index contributed by atoms with van der Waals surface area (Å²) in [6.45, 7) is 3.97. The summed E-state index contributed by atoms with van der Waals surface area (Å²) in [4.78, 5) is 30.6. The summed E-state index contributed by atoms with van der Waals surface area (Å²) in [5, 5.41) is 4.08. The molecular weight excluding hydrogens is 393 g/mol. The molecule has 5 rings (SSSR count). The largest absolute Gasteiger partial charge is 0.294 e. The van der Waals surface area contributed by atoms with Gasteiger partial charge in [-0.1, -0.05) is 23.8 Å². The number of hydrogen-bond acceptors (Lipinski definition) is 6. The lowest BCUT2D eigenvalue weighted by molar-refractivity contribution is 0.0962. The van der Waals surface area contributed by atoms with E-state index in [1.165, 1.54) is 12.1 Å². The average molecular weight is 413 g/mol. The van der Waals surface area contributed by atoms with Gasteiger partial charge in [-0.3, -0.25) is 10.1 Å². The molecule has 1 aliphatic rings. The number of ketones is 1. The van der Waals surface area contributed by atoms with Gasteiger partial charge < -0.3 is 0 Å². The Morgan fingerprint density at radius 2 is 1.77 bits per heavy atom. The van der Waals surface area contributed by atoms with E-state index in [-0.39, 0.29) is 17.5 Å². The van der Waals surface area contributed by atoms with Crippen molar-refractivity contribution in [1.29, 1.82) is 0 Å². The number of carbonyl (C=O) groups is 1. The highest BCUT2D eigenvalue weighted by Gasteiger charge is 2.28. The minimum Gasteiger partial charge on any atom is -0.294 e. The Bertz CT molecular complexity index is 1320. The van der Waals surface area contributed by atoms with Crippen LogP contribution in [0, 0.1) is 19.7 Å². The van der Waals surface area contributed by atoms with Crippen LogP contribution in [0.5, 0.6) is 0 Å². The molecule has 0 amide bonds. The van der Waals surface area contributed by atoms with Crippen molar-refractivity contribution in [2.75, 3.05) is 5.32 Å². The molecule has 0 spiro atoms. The van der Waals surface area contributed by atoms with Gasteiger partial charge in [0, 0.05) is 18.0 Å². The van der Waals surface area contributed by atoms with Crippen molar-refractivity contribution in [3.63, 3.8) is 0 Å². The third kappa shape index (κ3) is 3.74. The van der Waals surface area contributed by atoms with Gasteiger partial charge in [0.05, 0.1) is 22.5 Å². The maximum Gasteiger partial charge on any atom is 0.230 e. The Labute approximate surface area is 178 Å². The predicted molar refractivity (Wildman–Crippen MR) is 116 cm³/mol. The minimum atomic E-state index is -0.291. The van der Waals surface area contributed by atoms with Crippen molar-refractivity contribution >= 4 is 28.6 Å². The van der Waals surface area contributed by atoms with Gasteiger partial charge in [0.2, 0.25) is 11.9 Å². The first-order valence-electron chi connectivity index (χ1n) is 10.1. The summed E-state index contributed by atoms with van der Waals surface area (Å²) in [7, 11) is 0. The second-order valence-electron chi connectivity index (χ2n) is 7.91. The summed E-state index contributed by atoms with van der Waals surface area (Å²) in [6, 6.07) is 12.3. The molecule has 4 aromatic rings. The number of nitrogens with zero attached hydrogens (tertiary/aromatic N) is 4. The zero-order valence-corrected chi connectivity index (χ0v) is 17.2. The number of hydrogen-bond donors (Lipinski definition) is 1. The molecular formula is C24H20FN5O. The molecule has 0 saturated heterocycles. The summed E-state index contributed by atoms with van der Waals surface area (Å²) >= 11 is 0. The zero-order chi connectivity index (χ0) is 21.5. The topological polar surface area (TPSA) is 80.7 Å². The number of carbonyl (C=O) groups excluding carboxylic acids is 1. The fourth-order valence-electron chi connectivity index (χ4n) is 4.03. The number of nitrogens with one attached hydrogen (secondary N) is 1. The van der Waals surface area contributed by atoms with Gasteiger partial charge in [-0.2, -0.15) is 0 Å². The third-order valence-electron chi connectivity index (χ3n) is 5.65. The van der Waals surface area contributed by atoms with Crippen LogP contribution >= 0.6 is 0 Å². The van der Waals surface area contributed by atoms with E-state index >= 15 is 0 Å². The van der Waals surface area contributed by atoms with Gasteiger partial charge in [-0.15, -0.1) is 0 Å². The van der Waals surface area contributed by atoms with Crippen molar-refractivity contribution in [1.82, 2.24) is 19.9 Å². The van der Waals surface area contributed by atoms with E-state index in [4.69, 9.17) is 0 Å².